The molecule has 0 saturated heterocycles. The summed E-state index contributed by atoms with van der Waals surface area (Å²) in [7, 11) is 0. The Labute approximate surface area is 123 Å². The topological polar surface area (TPSA) is 46.5 Å². The Morgan fingerprint density at radius 2 is 1.84 bits per heavy atom. The van der Waals surface area contributed by atoms with Gasteiger partial charge in [-0.1, -0.05) is 55.0 Å². The Morgan fingerprint density at radius 1 is 1.16 bits per heavy atom. The van der Waals surface area contributed by atoms with Crippen LogP contribution in [0.1, 0.15) is 55.8 Å². The van der Waals surface area contributed by atoms with Crippen molar-refractivity contribution >= 4 is 21.9 Å². The SMILES string of the molecule is CCCCCCCCOc1cc(Br)cc(C(=O)O)c1. The van der Waals surface area contributed by atoms with Gasteiger partial charge in [0.2, 0.25) is 0 Å². The maximum absolute atomic E-state index is 10.9. The van der Waals surface area contributed by atoms with Crippen LogP contribution in [0.4, 0.5) is 0 Å². The molecular weight excluding hydrogens is 308 g/mol. The number of unbranched alkanes of at least 4 members (excludes halogenated alkanes) is 5. The number of halogens is 1. The molecule has 3 nitrogen and oxygen atoms in total. The number of ether oxygens (including phenoxy) is 1. The zero-order valence-electron chi connectivity index (χ0n) is 11.3. The predicted molar refractivity (Wildman–Crippen MR) is 80.0 cm³/mol. The van der Waals surface area contributed by atoms with Crippen molar-refractivity contribution in [1.29, 1.82) is 0 Å². The number of benzene rings is 1. The molecule has 0 bridgehead atoms. The molecule has 1 aromatic rings. The monoisotopic (exact) mass is 328 g/mol. The molecule has 0 amide bonds. The largest absolute Gasteiger partial charge is 0.494 e. The Balaban J connectivity index is 2.31. The lowest BCUT2D eigenvalue weighted by Crippen LogP contribution is -2.01. The lowest BCUT2D eigenvalue weighted by molar-refractivity contribution is 0.0696. The van der Waals surface area contributed by atoms with Gasteiger partial charge in [-0.25, -0.2) is 4.79 Å². The number of aromatic carboxylic acids is 1. The van der Waals surface area contributed by atoms with Crippen LogP contribution in [0.2, 0.25) is 0 Å². The van der Waals surface area contributed by atoms with Gasteiger partial charge in [-0.3, -0.25) is 0 Å². The van der Waals surface area contributed by atoms with Crippen molar-refractivity contribution in [2.24, 2.45) is 0 Å². The first kappa shape index (κ1) is 16.0. The number of hydrogen-bond donors (Lipinski definition) is 1. The molecule has 0 heterocycles. The molecule has 4 heteroatoms. The van der Waals surface area contributed by atoms with Crippen LogP contribution in [-0.4, -0.2) is 17.7 Å². The second-order valence-corrected chi connectivity index (χ2v) is 5.51. The lowest BCUT2D eigenvalue weighted by atomic mass is 10.1. The Kier molecular flexibility index (Phi) is 7.56. The number of carboxylic acids is 1. The van der Waals surface area contributed by atoms with Gasteiger partial charge in [0.1, 0.15) is 5.75 Å². The van der Waals surface area contributed by atoms with E-state index in [2.05, 4.69) is 22.9 Å². The minimum Gasteiger partial charge on any atom is -0.494 e. The third-order valence-corrected chi connectivity index (χ3v) is 3.34. The Hall–Kier alpha value is -1.03. The van der Waals surface area contributed by atoms with Crippen LogP contribution in [-0.2, 0) is 0 Å². The molecule has 0 aliphatic carbocycles. The van der Waals surface area contributed by atoms with Crippen molar-refractivity contribution in [2.45, 2.75) is 45.4 Å². The van der Waals surface area contributed by atoms with Gasteiger partial charge >= 0.3 is 5.97 Å². The van der Waals surface area contributed by atoms with Gasteiger partial charge < -0.3 is 9.84 Å². The summed E-state index contributed by atoms with van der Waals surface area (Å²) in [6, 6.07) is 4.92. The molecule has 1 N–H and O–H groups in total. The maximum Gasteiger partial charge on any atom is 0.335 e. The lowest BCUT2D eigenvalue weighted by Gasteiger charge is -2.07. The molecule has 0 radical (unpaired) electrons. The second-order valence-electron chi connectivity index (χ2n) is 4.60. The van der Waals surface area contributed by atoms with Crippen LogP contribution in [0, 0.1) is 0 Å². The number of rotatable bonds is 9. The summed E-state index contributed by atoms with van der Waals surface area (Å²) in [5.41, 5.74) is 0.243. The van der Waals surface area contributed by atoms with Crippen molar-refractivity contribution in [3.63, 3.8) is 0 Å². The summed E-state index contributed by atoms with van der Waals surface area (Å²) in [5, 5.41) is 8.95. The summed E-state index contributed by atoms with van der Waals surface area (Å²) < 4.78 is 6.32. The van der Waals surface area contributed by atoms with Crippen molar-refractivity contribution < 1.29 is 14.6 Å². The first-order chi connectivity index (χ1) is 9.13. The number of carboxylic acid groups (broad SMARTS) is 1. The van der Waals surface area contributed by atoms with E-state index in [4.69, 9.17) is 9.84 Å². The van der Waals surface area contributed by atoms with Gasteiger partial charge in [0, 0.05) is 4.47 Å². The molecule has 0 saturated carbocycles. The highest BCUT2D eigenvalue weighted by atomic mass is 79.9. The van der Waals surface area contributed by atoms with E-state index in [1.165, 1.54) is 32.1 Å². The summed E-state index contributed by atoms with van der Waals surface area (Å²) in [6.07, 6.45) is 7.27. The van der Waals surface area contributed by atoms with Gasteiger partial charge in [-0.15, -0.1) is 0 Å². The zero-order valence-corrected chi connectivity index (χ0v) is 12.9. The van der Waals surface area contributed by atoms with E-state index in [0.29, 0.717) is 12.4 Å². The molecule has 0 aromatic heterocycles. The number of carbonyl (C=O) groups is 1. The van der Waals surface area contributed by atoms with E-state index in [-0.39, 0.29) is 5.56 Å². The van der Waals surface area contributed by atoms with Crippen molar-refractivity contribution in [3.05, 3.63) is 28.2 Å². The fourth-order valence-corrected chi connectivity index (χ4v) is 2.31. The smallest absolute Gasteiger partial charge is 0.335 e. The van der Waals surface area contributed by atoms with Crippen LogP contribution in [0.5, 0.6) is 5.75 Å². The minimum atomic E-state index is -0.939. The van der Waals surface area contributed by atoms with Gasteiger partial charge in [-0.2, -0.15) is 0 Å². The van der Waals surface area contributed by atoms with Crippen LogP contribution in [0.15, 0.2) is 22.7 Å². The molecule has 0 spiro atoms. The van der Waals surface area contributed by atoms with Crippen LogP contribution in [0.25, 0.3) is 0 Å². The highest BCUT2D eigenvalue weighted by Gasteiger charge is 2.06. The van der Waals surface area contributed by atoms with Crippen molar-refractivity contribution in [2.75, 3.05) is 6.61 Å². The molecule has 0 atom stereocenters. The summed E-state index contributed by atoms with van der Waals surface area (Å²) in [4.78, 5) is 10.9. The molecular formula is C15H21BrO3. The third kappa shape index (κ3) is 6.62. The van der Waals surface area contributed by atoms with Gasteiger partial charge in [-0.05, 0) is 24.6 Å². The average molecular weight is 329 g/mol. The summed E-state index contributed by atoms with van der Waals surface area (Å²) in [6.45, 7) is 2.85. The van der Waals surface area contributed by atoms with Gasteiger partial charge in [0.25, 0.3) is 0 Å². The first-order valence-electron chi connectivity index (χ1n) is 6.80. The molecule has 106 valence electrons. The molecule has 19 heavy (non-hydrogen) atoms. The normalized spacial score (nSPS) is 10.4. The predicted octanol–water partition coefficient (Wildman–Crippen LogP) is 4.89. The fraction of sp³-hybridized carbons (Fsp3) is 0.533. The quantitative estimate of drug-likeness (QED) is 0.656. The van der Waals surface area contributed by atoms with Gasteiger partial charge in [0.15, 0.2) is 0 Å². The molecule has 0 unspecified atom stereocenters. The molecule has 0 aliphatic heterocycles. The molecule has 0 aliphatic rings. The first-order valence-corrected chi connectivity index (χ1v) is 7.59. The van der Waals surface area contributed by atoms with E-state index < -0.39 is 5.97 Å². The maximum atomic E-state index is 10.9. The zero-order chi connectivity index (χ0) is 14.1. The molecule has 0 fully saturated rings. The van der Waals surface area contributed by atoms with Crippen LogP contribution in [0.3, 0.4) is 0 Å². The Bertz CT molecular complexity index is 404. The highest BCUT2D eigenvalue weighted by molar-refractivity contribution is 9.10. The summed E-state index contributed by atoms with van der Waals surface area (Å²) >= 11 is 3.29. The van der Waals surface area contributed by atoms with Crippen LogP contribution >= 0.6 is 15.9 Å². The Morgan fingerprint density at radius 3 is 2.53 bits per heavy atom. The average Bonchev–Trinajstić information content (AvgIpc) is 2.37. The fourth-order valence-electron chi connectivity index (χ4n) is 1.84. The highest BCUT2D eigenvalue weighted by Crippen LogP contribution is 2.22. The van der Waals surface area contributed by atoms with E-state index in [9.17, 15) is 4.79 Å². The third-order valence-electron chi connectivity index (χ3n) is 2.88. The number of hydrogen-bond acceptors (Lipinski definition) is 2. The van der Waals surface area contributed by atoms with E-state index in [1.54, 1.807) is 18.2 Å². The van der Waals surface area contributed by atoms with Crippen molar-refractivity contribution in [1.82, 2.24) is 0 Å². The molecule has 1 rings (SSSR count). The van der Waals surface area contributed by atoms with Crippen LogP contribution < -0.4 is 4.74 Å². The van der Waals surface area contributed by atoms with E-state index >= 15 is 0 Å². The minimum absolute atomic E-state index is 0.243. The van der Waals surface area contributed by atoms with E-state index in [0.717, 1.165) is 10.9 Å². The van der Waals surface area contributed by atoms with Gasteiger partial charge in [0.05, 0.1) is 12.2 Å². The van der Waals surface area contributed by atoms with E-state index in [1.807, 2.05) is 0 Å². The van der Waals surface area contributed by atoms with Crippen molar-refractivity contribution in [3.8, 4) is 5.75 Å². The standard InChI is InChI=1S/C15H21BrO3/c1-2-3-4-5-6-7-8-19-14-10-12(15(17)18)9-13(16)11-14/h9-11H,2-8H2,1H3,(H,17,18). The second kappa shape index (κ2) is 8.97. The summed E-state index contributed by atoms with van der Waals surface area (Å²) in [5.74, 6) is -0.328. The molecule has 1 aromatic carbocycles.